The second kappa shape index (κ2) is 7.04. The number of amides is 1. The first-order valence-electron chi connectivity index (χ1n) is 7.41. The highest BCUT2D eigenvalue weighted by Crippen LogP contribution is 2.15. The maximum atomic E-state index is 13.6. The minimum Gasteiger partial charge on any atom is -0.322 e. The fourth-order valence-electron chi connectivity index (χ4n) is 2.24. The van der Waals surface area contributed by atoms with Crippen molar-refractivity contribution in [1.82, 2.24) is 9.78 Å². The molecule has 0 radical (unpaired) electrons. The van der Waals surface area contributed by atoms with Crippen molar-refractivity contribution in [2.45, 2.75) is 6.54 Å². The molecular weight excluding hydrogens is 328 g/mol. The summed E-state index contributed by atoms with van der Waals surface area (Å²) < 4.78 is 27.4. The fourth-order valence-corrected chi connectivity index (χ4v) is 2.24. The molecule has 1 amide bonds. The Labute approximate surface area is 141 Å². The van der Waals surface area contributed by atoms with E-state index in [1.807, 2.05) is 30.3 Å². The summed E-state index contributed by atoms with van der Waals surface area (Å²) in [5.74, 6) is -2.29. The van der Waals surface area contributed by atoms with Crippen LogP contribution in [0.1, 0.15) is 0 Å². The Morgan fingerprint density at radius 2 is 1.80 bits per heavy atom. The van der Waals surface area contributed by atoms with Crippen LogP contribution < -0.4 is 10.9 Å². The second-order valence-electron chi connectivity index (χ2n) is 5.25. The third-order valence-electron chi connectivity index (χ3n) is 3.43. The van der Waals surface area contributed by atoms with Crippen molar-refractivity contribution in [2.24, 2.45) is 0 Å². The number of carbonyl (C=O) groups excluding carboxylic acids is 1. The van der Waals surface area contributed by atoms with E-state index in [0.717, 1.165) is 22.4 Å². The van der Waals surface area contributed by atoms with Gasteiger partial charge in [0.2, 0.25) is 5.91 Å². The number of nitrogens with one attached hydrogen (secondary N) is 1. The monoisotopic (exact) mass is 341 g/mol. The molecule has 0 fully saturated rings. The van der Waals surface area contributed by atoms with Gasteiger partial charge in [0.25, 0.3) is 5.56 Å². The SMILES string of the molecule is O=C(Cn1nc(-c2ccccc2)ccc1=O)Nc1ccc(F)cc1F. The molecule has 3 aromatic rings. The van der Waals surface area contributed by atoms with Crippen molar-refractivity contribution in [1.29, 1.82) is 0 Å². The molecule has 0 aliphatic carbocycles. The normalized spacial score (nSPS) is 10.5. The molecule has 3 rings (SSSR count). The van der Waals surface area contributed by atoms with Gasteiger partial charge in [0, 0.05) is 17.7 Å². The van der Waals surface area contributed by atoms with Crippen LogP contribution in [-0.2, 0) is 11.3 Å². The Hall–Kier alpha value is -3.35. The van der Waals surface area contributed by atoms with Crippen LogP contribution in [0.3, 0.4) is 0 Å². The van der Waals surface area contributed by atoms with Crippen molar-refractivity contribution in [2.75, 3.05) is 5.32 Å². The summed E-state index contributed by atoms with van der Waals surface area (Å²) in [7, 11) is 0. The highest BCUT2D eigenvalue weighted by molar-refractivity contribution is 5.90. The minimum absolute atomic E-state index is 0.168. The molecule has 1 aromatic heterocycles. The zero-order valence-electron chi connectivity index (χ0n) is 12.9. The number of anilines is 1. The number of hydrogen-bond donors (Lipinski definition) is 1. The number of nitrogens with zero attached hydrogens (tertiary/aromatic N) is 2. The molecule has 0 bridgehead atoms. The first-order chi connectivity index (χ1) is 12.0. The number of benzene rings is 2. The van der Waals surface area contributed by atoms with Gasteiger partial charge in [0.1, 0.15) is 18.2 Å². The summed E-state index contributed by atoms with van der Waals surface area (Å²) in [6.45, 7) is -0.393. The van der Waals surface area contributed by atoms with Gasteiger partial charge in [-0.05, 0) is 18.2 Å². The van der Waals surface area contributed by atoms with E-state index in [4.69, 9.17) is 0 Å². The Balaban J connectivity index is 1.80. The lowest BCUT2D eigenvalue weighted by atomic mass is 10.1. The van der Waals surface area contributed by atoms with Gasteiger partial charge in [-0.3, -0.25) is 9.59 Å². The van der Waals surface area contributed by atoms with E-state index in [2.05, 4.69) is 10.4 Å². The van der Waals surface area contributed by atoms with Crippen LogP contribution in [0, 0.1) is 11.6 Å². The van der Waals surface area contributed by atoms with Crippen LogP contribution >= 0.6 is 0 Å². The van der Waals surface area contributed by atoms with Crippen LogP contribution in [0.15, 0.2) is 65.5 Å². The second-order valence-corrected chi connectivity index (χ2v) is 5.25. The molecule has 0 unspecified atom stereocenters. The van der Waals surface area contributed by atoms with Crippen molar-refractivity contribution < 1.29 is 13.6 Å². The van der Waals surface area contributed by atoms with Gasteiger partial charge in [-0.25, -0.2) is 13.5 Å². The zero-order chi connectivity index (χ0) is 17.8. The maximum absolute atomic E-state index is 13.6. The maximum Gasteiger partial charge on any atom is 0.267 e. The van der Waals surface area contributed by atoms with Crippen LogP contribution in [0.25, 0.3) is 11.3 Å². The molecule has 5 nitrogen and oxygen atoms in total. The first-order valence-corrected chi connectivity index (χ1v) is 7.41. The molecule has 0 spiro atoms. The molecule has 2 aromatic carbocycles. The lowest BCUT2D eigenvalue weighted by Gasteiger charge is -2.09. The standard InChI is InChI=1S/C18H13F2N3O2/c19-13-6-7-16(14(20)10-13)21-17(24)11-23-18(25)9-8-15(22-23)12-4-2-1-3-5-12/h1-10H,11H2,(H,21,24). The predicted octanol–water partition coefficient (Wildman–Crippen LogP) is 2.83. The summed E-state index contributed by atoms with van der Waals surface area (Å²) in [5, 5.41) is 6.44. The molecule has 0 aliphatic rings. The molecule has 126 valence electrons. The number of rotatable bonds is 4. The number of aromatic nitrogens is 2. The molecule has 1 heterocycles. The van der Waals surface area contributed by atoms with Gasteiger partial charge in [-0.1, -0.05) is 30.3 Å². The lowest BCUT2D eigenvalue weighted by Crippen LogP contribution is -2.29. The van der Waals surface area contributed by atoms with Crippen molar-refractivity contribution >= 4 is 11.6 Å². The van der Waals surface area contributed by atoms with Crippen molar-refractivity contribution in [3.05, 3.63) is 82.7 Å². The quantitative estimate of drug-likeness (QED) is 0.794. The third-order valence-corrected chi connectivity index (χ3v) is 3.43. The number of carbonyl (C=O) groups is 1. The number of hydrogen-bond acceptors (Lipinski definition) is 3. The molecule has 0 atom stereocenters. The van der Waals surface area contributed by atoms with E-state index in [0.29, 0.717) is 11.8 Å². The molecule has 7 heteroatoms. The Morgan fingerprint density at radius 3 is 2.52 bits per heavy atom. The molecule has 0 saturated heterocycles. The van der Waals surface area contributed by atoms with Gasteiger partial charge in [-0.15, -0.1) is 0 Å². The molecule has 1 N–H and O–H groups in total. The first kappa shape index (κ1) is 16.5. The van der Waals surface area contributed by atoms with Gasteiger partial charge in [0.15, 0.2) is 0 Å². The Kier molecular flexibility index (Phi) is 4.65. The minimum atomic E-state index is -0.897. The lowest BCUT2D eigenvalue weighted by molar-refractivity contribution is -0.117. The van der Waals surface area contributed by atoms with Crippen LogP contribution in [-0.4, -0.2) is 15.7 Å². The highest BCUT2D eigenvalue weighted by atomic mass is 19.1. The van der Waals surface area contributed by atoms with Crippen LogP contribution in [0.2, 0.25) is 0 Å². The highest BCUT2D eigenvalue weighted by Gasteiger charge is 2.11. The smallest absolute Gasteiger partial charge is 0.267 e. The Bertz CT molecular complexity index is 972. The molecule has 25 heavy (non-hydrogen) atoms. The summed E-state index contributed by atoms with van der Waals surface area (Å²) in [6.07, 6.45) is 0. The largest absolute Gasteiger partial charge is 0.322 e. The van der Waals surface area contributed by atoms with Crippen LogP contribution in [0.4, 0.5) is 14.5 Å². The van der Waals surface area contributed by atoms with E-state index in [9.17, 15) is 18.4 Å². The molecule has 0 saturated carbocycles. The van der Waals surface area contributed by atoms with E-state index in [-0.39, 0.29) is 5.69 Å². The summed E-state index contributed by atoms with van der Waals surface area (Å²) in [4.78, 5) is 23.9. The molecular formula is C18H13F2N3O2. The number of halogens is 2. The van der Waals surface area contributed by atoms with Gasteiger partial charge < -0.3 is 5.32 Å². The predicted molar refractivity (Wildman–Crippen MR) is 88.9 cm³/mol. The van der Waals surface area contributed by atoms with Crippen molar-refractivity contribution in [3.8, 4) is 11.3 Å². The topological polar surface area (TPSA) is 64.0 Å². The van der Waals surface area contributed by atoms with Gasteiger partial charge >= 0.3 is 0 Å². The summed E-state index contributed by atoms with van der Waals surface area (Å²) in [5.41, 5.74) is 0.690. The Morgan fingerprint density at radius 1 is 1.04 bits per heavy atom. The average Bonchev–Trinajstić information content (AvgIpc) is 2.60. The molecule has 0 aliphatic heterocycles. The average molecular weight is 341 g/mol. The van der Waals surface area contributed by atoms with E-state index in [1.54, 1.807) is 6.07 Å². The van der Waals surface area contributed by atoms with E-state index >= 15 is 0 Å². The van der Waals surface area contributed by atoms with E-state index in [1.165, 1.54) is 6.07 Å². The fraction of sp³-hybridized carbons (Fsp3) is 0.0556. The van der Waals surface area contributed by atoms with E-state index < -0.39 is 29.6 Å². The van der Waals surface area contributed by atoms with Crippen LogP contribution in [0.5, 0.6) is 0 Å². The summed E-state index contributed by atoms with van der Waals surface area (Å²) in [6, 6.07) is 14.8. The summed E-state index contributed by atoms with van der Waals surface area (Å²) >= 11 is 0. The zero-order valence-corrected chi connectivity index (χ0v) is 12.9. The third kappa shape index (κ3) is 3.95. The van der Waals surface area contributed by atoms with Gasteiger partial charge in [0.05, 0.1) is 11.4 Å². The van der Waals surface area contributed by atoms with Gasteiger partial charge in [-0.2, -0.15) is 5.10 Å². The van der Waals surface area contributed by atoms with Crippen molar-refractivity contribution in [3.63, 3.8) is 0 Å².